The van der Waals surface area contributed by atoms with Crippen molar-refractivity contribution in [1.82, 2.24) is 25.0 Å². The number of nitrogens with zero attached hydrogens (tertiary/aromatic N) is 3. The Morgan fingerprint density at radius 1 is 1.50 bits per heavy atom. The Balaban J connectivity index is 2.25. The van der Waals surface area contributed by atoms with Gasteiger partial charge in [0.15, 0.2) is 0 Å². The standard InChI is InChI=1S/C6H7N5O/c12-6-10-9-4-11(6)3-5-1-7-8-2-5/h1-2,4H,3H2,(H,7,8)(H,10,12). The molecule has 2 heterocycles. The third kappa shape index (κ3) is 1.14. The monoisotopic (exact) mass is 165 g/mol. The minimum absolute atomic E-state index is 0.212. The van der Waals surface area contributed by atoms with Crippen molar-refractivity contribution in [3.63, 3.8) is 0 Å². The topological polar surface area (TPSA) is 79.4 Å². The first-order valence-electron chi connectivity index (χ1n) is 3.44. The van der Waals surface area contributed by atoms with Crippen LogP contribution < -0.4 is 5.69 Å². The molecule has 0 saturated heterocycles. The average molecular weight is 165 g/mol. The fourth-order valence-corrected chi connectivity index (χ4v) is 0.944. The van der Waals surface area contributed by atoms with Gasteiger partial charge in [0.05, 0.1) is 12.7 Å². The van der Waals surface area contributed by atoms with Crippen molar-refractivity contribution < 1.29 is 0 Å². The molecule has 2 N–H and O–H groups in total. The highest BCUT2D eigenvalue weighted by Gasteiger charge is 1.98. The molecule has 2 aromatic rings. The molecule has 6 nitrogen and oxygen atoms in total. The Hall–Kier alpha value is -1.85. The van der Waals surface area contributed by atoms with Crippen molar-refractivity contribution in [3.8, 4) is 0 Å². The molecule has 0 aliphatic carbocycles. The lowest BCUT2D eigenvalue weighted by molar-refractivity contribution is 0.762. The van der Waals surface area contributed by atoms with E-state index in [9.17, 15) is 4.79 Å². The molecule has 62 valence electrons. The summed E-state index contributed by atoms with van der Waals surface area (Å²) in [4.78, 5) is 11.0. The lowest BCUT2D eigenvalue weighted by atomic mass is 10.4. The van der Waals surface area contributed by atoms with E-state index in [4.69, 9.17) is 0 Å². The van der Waals surface area contributed by atoms with Crippen LogP contribution in [0, 0.1) is 0 Å². The lowest BCUT2D eigenvalue weighted by Gasteiger charge is -1.93. The van der Waals surface area contributed by atoms with Crippen LogP contribution in [0.1, 0.15) is 5.56 Å². The van der Waals surface area contributed by atoms with Gasteiger partial charge in [-0.25, -0.2) is 9.89 Å². The van der Waals surface area contributed by atoms with Crippen molar-refractivity contribution in [3.05, 3.63) is 34.8 Å². The van der Waals surface area contributed by atoms with Crippen molar-refractivity contribution in [2.24, 2.45) is 0 Å². The van der Waals surface area contributed by atoms with Crippen LogP contribution >= 0.6 is 0 Å². The second-order valence-corrected chi connectivity index (χ2v) is 2.40. The molecule has 0 aliphatic heterocycles. The number of rotatable bonds is 2. The maximum atomic E-state index is 11.0. The summed E-state index contributed by atoms with van der Waals surface area (Å²) in [6.45, 7) is 0.492. The van der Waals surface area contributed by atoms with Gasteiger partial charge in [-0.2, -0.15) is 10.2 Å². The second-order valence-electron chi connectivity index (χ2n) is 2.40. The summed E-state index contributed by atoms with van der Waals surface area (Å²) >= 11 is 0. The van der Waals surface area contributed by atoms with Gasteiger partial charge < -0.3 is 0 Å². The van der Waals surface area contributed by atoms with Crippen LogP contribution in [0.15, 0.2) is 23.5 Å². The molecule has 2 aromatic heterocycles. The van der Waals surface area contributed by atoms with Crippen LogP contribution in [0.3, 0.4) is 0 Å². The van der Waals surface area contributed by atoms with Crippen LogP contribution in [0.25, 0.3) is 0 Å². The van der Waals surface area contributed by atoms with Gasteiger partial charge >= 0.3 is 5.69 Å². The minimum atomic E-state index is -0.212. The lowest BCUT2D eigenvalue weighted by Crippen LogP contribution is -2.16. The summed E-state index contributed by atoms with van der Waals surface area (Å²) in [6, 6.07) is 0. The van der Waals surface area contributed by atoms with Gasteiger partial charge in [-0.3, -0.25) is 9.67 Å². The molecule has 2 rings (SSSR count). The number of hydrogen-bond acceptors (Lipinski definition) is 3. The van der Waals surface area contributed by atoms with Crippen LogP contribution in [0.5, 0.6) is 0 Å². The second kappa shape index (κ2) is 2.65. The van der Waals surface area contributed by atoms with Crippen LogP contribution in [-0.2, 0) is 6.54 Å². The normalized spacial score (nSPS) is 10.3. The van der Waals surface area contributed by atoms with E-state index in [0.29, 0.717) is 6.54 Å². The largest absolute Gasteiger partial charge is 0.343 e. The summed E-state index contributed by atoms with van der Waals surface area (Å²) in [5, 5.41) is 12.3. The number of hydrogen-bond donors (Lipinski definition) is 2. The minimum Gasteiger partial charge on any atom is -0.285 e. The molecule has 0 saturated carbocycles. The van der Waals surface area contributed by atoms with E-state index in [2.05, 4.69) is 20.4 Å². The van der Waals surface area contributed by atoms with Crippen molar-refractivity contribution in [2.75, 3.05) is 0 Å². The average Bonchev–Trinajstić information content (AvgIpc) is 2.65. The molecule has 0 unspecified atom stereocenters. The van der Waals surface area contributed by atoms with Gasteiger partial charge in [-0.05, 0) is 0 Å². The zero-order valence-corrected chi connectivity index (χ0v) is 6.19. The molecule has 0 atom stereocenters. The molecular weight excluding hydrogens is 158 g/mol. The van der Waals surface area contributed by atoms with Crippen LogP contribution in [0.2, 0.25) is 0 Å². The van der Waals surface area contributed by atoms with Gasteiger partial charge in [0.25, 0.3) is 0 Å². The predicted molar refractivity (Wildman–Crippen MR) is 40.5 cm³/mol. The SMILES string of the molecule is O=c1[nH]ncn1Cc1cn[nH]c1. The van der Waals surface area contributed by atoms with Crippen LogP contribution in [-0.4, -0.2) is 25.0 Å². The van der Waals surface area contributed by atoms with Gasteiger partial charge in [0, 0.05) is 11.8 Å². The molecule has 12 heavy (non-hydrogen) atoms. The highest BCUT2D eigenvalue weighted by molar-refractivity contribution is 5.02. The van der Waals surface area contributed by atoms with Gasteiger partial charge in [0.1, 0.15) is 6.33 Å². The van der Waals surface area contributed by atoms with Crippen LogP contribution in [0.4, 0.5) is 0 Å². The number of H-pyrrole nitrogens is 2. The quantitative estimate of drug-likeness (QED) is 0.620. The Bertz CT molecular complexity index is 398. The third-order valence-electron chi connectivity index (χ3n) is 1.53. The first-order chi connectivity index (χ1) is 5.86. The molecule has 0 amide bonds. The maximum Gasteiger partial charge on any atom is 0.343 e. The Labute approximate surface area is 67.2 Å². The van der Waals surface area contributed by atoms with E-state index in [1.807, 2.05) is 0 Å². The summed E-state index contributed by atoms with van der Waals surface area (Å²) < 4.78 is 1.46. The molecule has 0 spiro atoms. The number of aromatic amines is 2. The molecule has 0 bridgehead atoms. The van der Waals surface area contributed by atoms with Gasteiger partial charge in [-0.1, -0.05) is 0 Å². The van der Waals surface area contributed by atoms with E-state index in [0.717, 1.165) is 5.56 Å². The molecule has 6 heteroatoms. The summed E-state index contributed by atoms with van der Waals surface area (Å²) in [7, 11) is 0. The van der Waals surface area contributed by atoms with Crippen molar-refractivity contribution >= 4 is 0 Å². The van der Waals surface area contributed by atoms with E-state index >= 15 is 0 Å². The van der Waals surface area contributed by atoms with Crippen molar-refractivity contribution in [1.29, 1.82) is 0 Å². The zero-order valence-electron chi connectivity index (χ0n) is 6.19. The van der Waals surface area contributed by atoms with E-state index < -0.39 is 0 Å². The fraction of sp³-hybridized carbons (Fsp3) is 0.167. The third-order valence-corrected chi connectivity index (χ3v) is 1.53. The smallest absolute Gasteiger partial charge is 0.285 e. The van der Waals surface area contributed by atoms with E-state index in [1.54, 1.807) is 12.4 Å². The van der Waals surface area contributed by atoms with E-state index in [-0.39, 0.29) is 5.69 Å². The fourth-order valence-electron chi connectivity index (χ4n) is 0.944. The molecule has 0 fully saturated rings. The Kier molecular flexibility index (Phi) is 1.51. The summed E-state index contributed by atoms with van der Waals surface area (Å²) in [5.74, 6) is 0. The first kappa shape index (κ1) is 6.84. The molecule has 0 radical (unpaired) electrons. The zero-order chi connectivity index (χ0) is 8.39. The molecule has 0 aromatic carbocycles. The van der Waals surface area contributed by atoms with Gasteiger partial charge in [0.2, 0.25) is 0 Å². The molecule has 0 aliphatic rings. The first-order valence-corrected chi connectivity index (χ1v) is 3.44. The maximum absolute atomic E-state index is 11.0. The Morgan fingerprint density at radius 2 is 2.42 bits per heavy atom. The molecular formula is C6H7N5O. The summed E-state index contributed by atoms with van der Waals surface area (Å²) in [5.41, 5.74) is 0.731. The van der Waals surface area contributed by atoms with Crippen molar-refractivity contribution in [2.45, 2.75) is 6.54 Å². The highest BCUT2D eigenvalue weighted by atomic mass is 16.1. The highest BCUT2D eigenvalue weighted by Crippen LogP contribution is 1.94. The number of aromatic nitrogens is 5. The van der Waals surface area contributed by atoms with Gasteiger partial charge in [-0.15, -0.1) is 0 Å². The van der Waals surface area contributed by atoms with E-state index in [1.165, 1.54) is 10.9 Å². The summed E-state index contributed by atoms with van der Waals surface area (Å²) in [6.07, 6.45) is 4.86. The Morgan fingerprint density at radius 3 is 3.00 bits per heavy atom. The predicted octanol–water partition coefficient (Wildman–Crippen LogP) is -0.657. The number of nitrogens with one attached hydrogen (secondary N) is 2.